The van der Waals surface area contributed by atoms with Crippen molar-refractivity contribution in [1.29, 1.82) is 0 Å². The molecule has 0 aromatic heterocycles. The van der Waals surface area contributed by atoms with E-state index >= 15 is 4.11 Å². The van der Waals surface area contributed by atoms with Crippen molar-refractivity contribution < 1.29 is 23.5 Å². The maximum atomic E-state index is 15.8. The normalized spacial score (nSPS) is 27.5. The third kappa shape index (κ3) is 5.65. The van der Waals surface area contributed by atoms with Crippen molar-refractivity contribution in [2.45, 2.75) is 96.6 Å². The van der Waals surface area contributed by atoms with E-state index in [0.717, 1.165) is 42.6 Å². The molecule has 2 saturated heterocycles. The molecule has 0 unspecified atom stereocenters. The monoisotopic (exact) mass is 556 g/mol. The summed E-state index contributed by atoms with van der Waals surface area (Å²) in [6, 6.07) is 5.78. The molecular weight excluding hydrogens is 511 g/mol. The van der Waals surface area contributed by atoms with E-state index in [4.69, 9.17) is 4.74 Å². The summed E-state index contributed by atoms with van der Waals surface area (Å²) < 4.78 is 22.4. The molecule has 4 rings (SSSR count). The van der Waals surface area contributed by atoms with Crippen molar-refractivity contribution in [1.82, 2.24) is 0 Å². The van der Waals surface area contributed by atoms with Gasteiger partial charge in [-0.1, -0.05) is 30.2 Å². The quantitative estimate of drug-likeness (QED) is 0.217. The summed E-state index contributed by atoms with van der Waals surface area (Å²) in [5, 5.41) is 9.80. The van der Waals surface area contributed by atoms with Gasteiger partial charge in [-0.3, -0.25) is 9.59 Å². The summed E-state index contributed by atoms with van der Waals surface area (Å²) in [6.45, 7) is 12.4. The van der Waals surface area contributed by atoms with Gasteiger partial charge in [0.15, 0.2) is 5.60 Å². The second-order valence-corrected chi connectivity index (χ2v) is 16.1. The van der Waals surface area contributed by atoms with Gasteiger partial charge in [-0.15, -0.1) is 0 Å². The van der Waals surface area contributed by atoms with E-state index in [9.17, 15) is 14.7 Å². The average molecular weight is 557 g/mol. The van der Waals surface area contributed by atoms with Crippen LogP contribution in [0.25, 0.3) is 0 Å². The number of anilines is 2. The molecule has 3 aliphatic heterocycles. The van der Waals surface area contributed by atoms with E-state index in [1.807, 2.05) is 25.1 Å². The van der Waals surface area contributed by atoms with Crippen molar-refractivity contribution in [3.63, 3.8) is 0 Å². The molecule has 39 heavy (non-hydrogen) atoms. The highest BCUT2D eigenvalue weighted by molar-refractivity contribution is 6.72. The van der Waals surface area contributed by atoms with Crippen LogP contribution in [0.2, 0.25) is 18.6 Å². The number of fused-ring (bicyclic) bond motifs is 2. The van der Waals surface area contributed by atoms with Crippen LogP contribution >= 0.6 is 0 Å². The Morgan fingerprint density at radius 3 is 2.59 bits per heavy atom. The minimum Gasteiger partial charge on any atom is -0.396 e. The first-order chi connectivity index (χ1) is 18.4. The highest BCUT2D eigenvalue weighted by Gasteiger charge is 2.66. The van der Waals surface area contributed by atoms with Gasteiger partial charge >= 0.3 is 0 Å². The van der Waals surface area contributed by atoms with Crippen LogP contribution in [0.15, 0.2) is 41.5 Å². The highest BCUT2D eigenvalue weighted by Crippen LogP contribution is 2.60. The number of halogens is 1. The van der Waals surface area contributed by atoms with Gasteiger partial charge in [0.05, 0.1) is 11.8 Å². The smallest absolute Gasteiger partial charge is 0.264 e. The number of carbonyl (C=O) groups is 2. The van der Waals surface area contributed by atoms with Crippen molar-refractivity contribution in [2.24, 2.45) is 5.92 Å². The van der Waals surface area contributed by atoms with Gasteiger partial charge in [0, 0.05) is 48.8 Å². The van der Waals surface area contributed by atoms with Crippen molar-refractivity contribution in [3.8, 4) is 0 Å². The van der Waals surface area contributed by atoms with Gasteiger partial charge in [-0.05, 0) is 84.2 Å². The van der Waals surface area contributed by atoms with E-state index < -0.39 is 31.6 Å². The average Bonchev–Trinajstić information content (AvgIpc) is 3.29. The zero-order valence-electron chi connectivity index (χ0n) is 24.4. The fraction of sp³-hybridized carbons (Fsp3) is 0.613. The molecule has 1 aromatic carbocycles. The fourth-order valence-electron chi connectivity index (χ4n) is 6.80. The summed E-state index contributed by atoms with van der Waals surface area (Å²) >= 11 is 0. The molecule has 1 spiro atoms. The minimum atomic E-state index is -3.26. The second-order valence-electron chi connectivity index (χ2n) is 12.3. The minimum absolute atomic E-state index is 0.0834. The van der Waals surface area contributed by atoms with Crippen LogP contribution in [-0.4, -0.2) is 51.1 Å². The standard InChI is InChI=1S/C31H45FN2O4Si/c1-21(2)10-9-11-22(3)15-18-34-26-14-13-24(33-17-8-7-12-28(33)36)20-25(26)31(30(34)37)23(4)29(39(5,6)32)27(38-31)16-19-35/h10,13-15,20,23,27,29,35H,7-9,11-12,16-19H2,1-6H3/b22-15+/t23-,27+,29-,31+/m1/s1. The molecule has 8 heteroatoms. The highest BCUT2D eigenvalue weighted by atomic mass is 28.4. The number of benzene rings is 1. The number of piperidine rings is 1. The van der Waals surface area contributed by atoms with E-state index in [2.05, 4.69) is 32.9 Å². The number of ether oxygens (including phenoxy) is 1. The molecule has 1 aromatic rings. The third-order valence-electron chi connectivity index (χ3n) is 8.71. The van der Waals surface area contributed by atoms with Gasteiger partial charge in [-0.25, -0.2) is 0 Å². The molecule has 2 fully saturated rings. The number of aliphatic hydroxyl groups is 1. The van der Waals surface area contributed by atoms with Crippen LogP contribution in [0.4, 0.5) is 15.5 Å². The lowest BCUT2D eigenvalue weighted by atomic mass is 9.82. The number of hydrogen-bond acceptors (Lipinski definition) is 4. The van der Waals surface area contributed by atoms with E-state index in [-0.39, 0.29) is 24.8 Å². The Bertz CT molecular complexity index is 1160. The lowest BCUT2D eigenvalue weighted by Gasteiger charge is -2.32. The molecular formula is C31H45FN2O4Si. The molecule has 0 radical (unpaired) electrons. The van der Waals surface area contributed by atoms with Crippen LogP contribution in [0.5, 0.6) is 0 Å². The van der Waals surface area contributed by atoms with Gasteiger partial charge in [-0.2, -0.15) is 0 Å². The molecule has 3 aliphatic rings. The van der Waals surface area contributed by atoms with Crippen LogP contribution in [0.1, 0.15) is 71.8 Å². The third-order valence-corrected chi connectivity index (χ3v) is 11.2. The van der Waals surface area contributed by atoms with Crippen LogP contribution in [0, 0.1) is 5.92 Å². The van der Waals surface area contributed by atoms with Crippen molar-refractivity contribution in [3.05, 3.63) is 47.1 Å². The Balaban J connectivity index is 1.77. The maximum Gasteiger partial charge on any atom is 0.264 e. The van der Waals surface area contributed by atoms with Gasteiger partial charge in [0.1, 0.15) is 0 Å². The number of nitrogens with zero attached hydrogens (tertiary/aromatic N) is 2. The Kier molecular flexibility index (Phi) is 8.88. The topological polar surface area (TPSA) is 70.1 Å². The maximum absolute atomic E-state index is 15.8. The van der Waals surface area contributed by atoms with E-state index in [1.165, 1.54) is 11.1 Å². The molecule has 0 saturated carbocycles. The molecule has 2 amide bonds. The molecule has 3 heterocycles. The van der Waals surface area contributed by atoms with Crippen molar-refractivity contribution in [2.75, 3.05) is 29.5 Å². The Labute approximate surface area is 234 Å². The molecule has 0 aliphatic carbocycles. The predicted molar refractivity (Wildman–Crippen MR) is 157 cm³/mol. The summed E-state index contributed by atoms with van der Waals surface area (Å²) in [4.78, 5) is 30.7. The second kappa shape index (κ2) is 11.7. The van der Waals surface area contributed by atoms with Crippen molar-refractivity contribution >= 4 is 31.6 Å². The first-order valence-corrected chi connectivity index (χ1v) is 17.4. The Morgan fingerprint density at radius 2 is 1.95 bits per heavy atom. The SMILES string of the molecule is CC(C)=CCC/C(C)=C/CN1C(=O)[C@@]2(O[C@@H](CCO)[C@H]([Si](C)(C)F)[C@H]2C)c2cc(N3CCCCC3=O)ccc21. The molecule has 1 N–H and O–H groups in total. The molecule has 214 valence electrons. The van der Waals surface area contributed by atoms with Crippen LogP contribution in [0.3, 0.4) is 0 Å². The molecule has 6 nitrogen and oxygen atoms in total. The zero-order chi connectivity index (χ0) is 28.5. The Morgan fingerprint density at radius 1 is 1.21 bits per heavy atom. The molecule has 0 bridgehead atoms. The summed E-state index contributed by atoms with van der Waals surface area (Å²) in [5.74, 6) is -0.503. The lowest BCUT2D eigenvalue weighted by Crippen LogP contribution is -2.45. The van der Waals surface area contributed by atoms with E-state index in [0.29, 0.717) is 19.5 Å². The molecule has 4 atom stereocenters. The number of hydrogen-bond donors (Lipinski definition) is 1. The summed E-state index contributed by atoms with van der Waals surface area (Å²) in [7, 11) is -3.26. The zero-order valence-corrected chi connectivity index (χ0v) is 25.4. The van der Waals surface area contributed by atoms with Crippen LogP contribution < -0.4 is 9.80 Å². The number of rotatable bonds is 9. The number of amides is 2. The first-order valence-electron chi connectivity index (χ1n) is 14.4. The largest absolute Gasteiger partial charge is 0.396 e. The lowest BCUT2D eigenvalue weighted by molar-refractivity contribution is -0.146. The number of carbonyl (C=O) groups excluding carboxylic acids is 2. The number of allylic oxidation sites excluding steroid dienone is 3. The summed E-state index contributed by atoms with van der Waals surface area (Å²) in [5.41, 5.74) is 2.94. The van der Waals surface area contributed by atoms with Crippen LogP contribution in [-0.2, 0) is 19.9 Å². The van der Waals surface area contributed by atoms with E-state index in [1.54, 1.807) is 22.9 Å². The fourth-order valence-corrected chi connectivity index (χ4v) is 9.34. The van der Waals surface area contributed by atoms with Gasteiger partial charge < -0.3 is 23.8 Å². The van der Waals surface area contributed by atoms with Gasteiger partial charge in [0.2, 0.25) is 14.3 Å². The number of aliphatic hydroxyl groups excluding tert-OH is 1. The Hall–Kier alpha value is -2.29. The van der Waals surface area contributed by atoms with Gasteiger partial charge in [0.25, 0.3) is 5.91 Å². The summed E-state index contributed by atoms with van der Waals surface area (Å²) in [6.07, 6.45) is 8.25. The first kappa shape index (κ1) is 29.7. The predicted octanol–water partition coefficient (Wildman–Crippen LogP) is 6.40.